The molecule has 176 valence electrons. The quantitative estimate of drug-likeness (QED) is 0.163. The van der Waals surface area contributed by atoms with Crippen LogP contribution < -0.4 is 29.3 Å². The largest absolute Gasteiger partial charge is 0.493 e. The number of aryl methyl sites for hydroxylation is 1. The molecule has 0 bridgehead atoms. The van der Waals surface area contributed by atoms with Gasteiger partial charge in [-0.1, -0.05) is 19.1 Å². The van der Waals surface area contributed by atoms with Gasteiger partial charge in [0.15, 0.2) is 18.1 Å². The molecule has 0 fully saturated rings. The number of ether oxygens (including phenoxy) is 5. The highest BCUT2D eigenvalue weighted by Gasteiger charge is 2.21. The van der Waals surface area contributed by atoms with E-state index in [4.69, 9.17) is 28.1 Å². The third kappa shape index (κ3) is 4.34. The minimum Gasteiger partial charge on any atom is -0.493 e. The molecule has 8 heteroatoms. The number of hydrogen-bond acceptors (Lipinski definition) is 8. The first-order chi connectivity index (χ1) is 16.5. The predicted octanol–water partition coefficient (Wildman–Crippen LogP) is 4.52. The Morgan fingerprint density at radius 1 is 0.853 bits per heavy atom. The molecule has 1 heterocycles. The van der Waals surface area contributed by atoms with Gasteiger partial charge in [-0.05, 0) is 42.3 Å². The molecule has 8 nitrogen and oxygen atoms in total. The zero-order valence-corrected chi connectivity index (χ0v) is 19.3. The molecule has 1 aromatic heterocycles. The minimum atomic E-state index is -0.593. The van der Waals surface area contributed by atoms with Gasteiger partial charge in [0.2, 0.25) is 5.75 Å². The van der Waals surface area contributed by atoms with Crippen LogP contribution in [0.1, 0.15) is 12.5 Å². The van der Waals surface area contributed by atoms with Crippen LogP contribution in [0.2, 0.25) is 0 Å². The molecular weight excluding hydrogens is 440 g/mol. The average Bonchev–Trinajstić information content (AvgIpc) is 2.86. The standard InChI is InChI=1S/C26H24O8/c1-5-15-6-8-16(9-7-15)32-14-22(27)33-17-10-11-18-20(12-17)34-26(28)19-13-21(29-2)24(30-3)25(31-4)23(18)19/h6-13H,5,14H2,1-4H3. The van der Waals surface area contributed by atoms with E-state index in [1.165, 1.54) is 33.0 Å². The summed E-state index contributed by atoms with van der Waals surface area (Å²) >= 11 is 0. The van der Waals surface area contributed by atoms with E-state index >= 15 is 0 Å². The summed E-state index contributed by atoms with van der Waals surface area (Å²) < 4.78 is 32.7. The van der Waals surface area contributed by atoms with Crippen LogP contribution in [0.25, 0.3) is 21.7 Å². The first kappa shape index (κ1) is 23.0. The molecule has 4 aromatic rings. The topological polar surface area (TPSA) is 93.4 Å². The number of hydrogen-bond donors (Lipinski definition) is 0. The summed E-state index contributed by atoms with van der Waals surface area (Å²) in [5.74, 6) is 1.22. The zero-order chi connectivity index (χ0) is 24.2. The predicted molar refractivity (Wildman–Crippen MR) is 127 cm³/mol. The average molecular weight is 464 g/mol. The number of methoxy groups -OCH3 is 3. The van der Waals surface area contributed by atoms with E-state index in [0.29, 0.717) is 33.8 Å². The van der Waals surface area contributed by atoms with Crippen molar-refractivity contribution in [2.24, 2.45) is 0 Å². The molecule has 0 unspecified atom stereocenters. The first-order valence-corrected chi connectivity index (χ1v) is 10.6. The Morgan fingerprint density at radius 2 is 1.56 bits per heavy atom. The SMILES string of the molecule is CCc1ccc(OCC(=O)Oc2ccc3c(c2)oc(=O)c2cc(OC)c(OC)c(OC)c23)cc1. The monoisotopic (exact) mass is 464 g/mol. The third-order valence-electron chi connectivity index (χ3n) is 5.39. The Bertz CT molecular complexity index is 1400. The molecule has 0 spiro atoms. The summed E-state index contributed by atoms with van der Waals surface area (Å²) in [5, 5.41) is 1.36. The molecular formula is C26H24O8. The van der Waals surface area contributed by atoms with Gasteiger partial charge in [0.1, 0.15) is 17.1 Å². The summed E-state index contributed by atoms with van der Waals surface area (Å²) in [7, 11) is 4.43. The molecule has 34 heavy (non-hydrogen) atoms. The maximum Gasteiger partial charge on any atom is 0.349 e. The lowest BCUT2D eigenvalue weighted by molar-refractivity contribution is -0.136. The van der Waals surface area contributed by atoms with Crippen molar-refractivity contribution in [3.8, 4) is 28.7 Å². The fourth-order valence-electron chi connectivity index (χ4n) is 3.72. The number of fused-ring (bicyclic) bond motifs is 3. The van der Waals surface area contributed by atoms with Crippen LogP contribution in [0.5, 0.6) is 28.7 Å². The molecule has 0 atom stereocenters. The second kappa shape index (κ2) is 9.74. The van der Waals surface area contributed by atoms with Crippen molar-refractivity contribution in [2.75, 3.05) is 27.9 Å². The second-order valence-electron chi connectivity index (χ2n) is 7.38. The molecule has 0 aliphatic rings. The molecule has 4 rings (SSSR count). The molecule has 0 aliphatic carbocycles. The summed E-state index contributed by atoms with van der Waals surface area (Å²) in [4.78, 5) is 25.0. The Morgan fingerprint density at radius 3 is 2.21 bits per heavy atom. The summed E-state index contributed by atoms with van der Waals surface area (Å²) in [6.45, 7) is 1.79. The van der Waals surface area contributed by atoms with E-state index < -0.39 is 11.6 Å². The van der Waals surface area contributed by atoms with Crippen molar-refractivity contribution >= 4 is 27.7 Å². The third-order valence-corrected chi connectivity index (χ3v) is 5.39. The van der Waals surface area contributed by atoms with Crippen molar-refractivity contribution in [3.05, 3.63) is 64.5 Å². The van der Waals surface area contributed by atoms with Gasteiger partial charge in [-0.2, -0.15) is 0 Å². The molecule has 0 saturated heterocycles. The smallest absolute Gasteiger partial charge is 0.349 e. The van der Waals surface area contributed by atoms with E-state index in [-0.39, 0.29) is 23.3 Å². The number of carbonyl (C=O) groups excluding carboxylic acids is 1. The van der Waals surface area contributed by atoms with Gasteiger partial charge in [0.05, 0.1) is 26.7 Å². The molecule has 0 N–H and O–H groups in total. The van der Waals surface area contributed by atoms with Crippen LogP contribution in [0.3, 0.4) is 0 Å². The first-order valence-electron chi connectivity index (χ1n) is 10.6. The summed E-state index contributed by atoms with van der Waals surface area (Å²) in [6, 6.07) is 13.8. The number of rotatable bonds is 8. The molecule has 3 aromatic carbocycles. The maximum atomic E-state index is 12.7. The van der Waals surface area contributed by atoms with Gasteiger partial charge in [-0.15, -0.1) is 0 Å². The molecule has 0 saturated carbocycles. The van der Waals surface area contributed by atoms with Crippen molar-refractivity contribution < 1.29 is 32.9 Å². The van der Waals surface area contributed by atoms with Gasteiger partial charge >= 0.3 is 11.6 Å². The molecule has 0 aliphatic heterocycles. The van der Waals surface area contributed by atoms with Crippen molar-refractivity contribution in [2.45, 2.75) is 13.3 Å². The van der Waals surface area contributed by atoms with Crippen molar-refractivity contribution in [1.29, 1.82) is 0 Å². The molecule has 0 radical (unpaired) electrons. The van der Waals surface area contributed by atoms with Crippen LogP contribution in [-0.4, -0.2) is 33.9 Å². The lowest BCUT2D eigenvalue weighted by Crippen LogP contribution is -2.17. The Balaban J connectivity index is 1.64. The fraction of sp³-hybridized carbons (Fsp3) is 0.231. The highest BCUT2D eigenvalue weighted by molar-refractivity contribution is 6.10. The van der Waals surface area contributed by atoms with E-state index in [0.717, 1.165) is 6.42 Å². The van der Waals surface area contributed by atoms with Gasteiger partial charge in [0, 0.05) is 16.8 Å². The fourth-order valence-corrected chi connectivity index (χ4v) is 3.72. The van der Waals surface area contributed by atoms with Crippen LogP contribution in [0, 0.1) is 0 Å². The summed E-state index contributed by atoms with van der Waals surface area (Å²) in [5.41, 5.74) is 0.807. The zero-order valence-electron chi connectivity index (χ0n) is 19.3. The second-order valence-corrected chi connectivity index (χ2v) is 7.38. The van der Waals surface area contributed by atoms with Crippen molar-refractivity contribution in [3.63, 3.8) is 0 Å². The van der Waals surface area contributed by atoms with Crippen LogP contribution in [-0.2, 0) is 11.2 Å². The van der Waals surface area contributed by atoms with Gasteiger partial charge in [-0.3, -0.25) is 0 Å². The van der Waals surface area contributed by atoms with E-state index in [1.54, 1.807) is 30.3 Å². The van der Waals surface area contributed by atoms with E-state index in [9.17, 15) is 9.59 Å². The van der Waals surface area contributed by atoms with Crippen LogP contribution in [0.4, 0.5) is 0 Å². The Labute approximate surface area is 195 Å². The lowest BCUT2D eigenvalue weighted by atomic mass is 10.0. The van der Waals surface area contributed by atoms with E-state index in [1.807, 2.05) is 12.1 Å². The van der Waals surface area contributed by atoms with Gasteiger partial charge < -0.3 is 28.1 Å². The van der Waals surface area contributed by atoms with Gasteiger partial charge in [-0.25, -0.2) is 9.59 Å². The van der Waals surface area contributed by atoms with Crippen LogP contribution >= 0.6 is 0 Å². The minimum absolute atomic E-state index is 0.212. The number of carbonyl (C=O) groups is 1. The normalized spacial score (nSPS) is 10.8. The van der Waals surface area contributed by atoms with Gasteiger partial charge in [0.25, 0.3) is 0 Å². The number of esters is 1. The highest BCUT2D eigenvalue weighted by Crippen LogP contribution is 2.45. The maximum absolute atomic E-state index is 12.7. The Hall–Kier alpha value is -4.20. The summed E-state index contributed by atoms with van der Waals surface area (Å²) in [6.07, 6.45) is 0.919. The highest BCUT2D eigenvalue weighted by atomic mass is 16.6. The van der Waals surface area contributed by atoms with Crippen LogP contribution in [0.15, 0.2) is 57.7 Å². The Kier molecular flexibility index (Phi) is 6.58. The van der Waals surface area contributed by atoms with Crippen molar-refractivity contribution in [1.82, 2.24) is 0 Å². The van der Waals surface area contributed by atoms with E-state index in [2.05, 4.69) is 6.92 Å². The molecule has 0 amide bonds. The number of benzene rings is 3. The lowest BCUT2D eigenvalue weighted by Gasteiger charge is -2.15.